The van der Waals surface area contributed by atoms with Gasteiger partial charge in [0.1, 0.15) is 5.60 Å². The minimum absolute atomic E-state index is 0.202. The first-order valence-corrected chi connectivity index (χ1v) is 6.82. The van der Waals surface area contributed by atoms with Crippen molar-refractivity contribution >= 4 is 0 Å². The van der Waals surface area contributed by atoms with E-state index in [1.54, 1.807) is 0 Å². The van der Waals surface area contributed by atoms with Gasteiger partial charge in [0.05, 0.1) is 6.04 Å². The van der Waals surface area contributed by atoms with Gasteiger partial charge in [-0.25, -0.2) is 0 Å². The third kappa shape index (κ3) is 2.42. The summed E-state index contributed by atoms with van der Waals surface area (Å²) in [6.45, 7) is 6.76. The molecule has 0 aromatic carbocycles. The van der Waals surface area contributed by atoms with E-state index >= 15 is 0 Å². The molecule has 2 N–H and O–H groups in total. The van der Waals surface area contributed by atoms with E-state index in [0.717, 1.165) is 25.7 Å². The highest BCUT2D eigenvalue weighted by Crippen LogP contribution is 2.41. The molecule has 1 aliphatic rings. The van der Waals surface area contributed by atoms with Gasteiger partial charge >= 0.3 is 0 Å². The first-order valence-electron chi connectivity index (χ1n) is 6.82. The fraction of sp³-hybridized carbons (Fsp3) is 0.846. The van der Waals surface area contributed by atoms with E-state index in [2.05, 4.69) is 10.1 Å². The van der Waals surface area contributed by atoms with Crippen LogP contribution in [-0.2, 0) is 10.3 Å². The zero-order valence-electron chi connectivity index (χ0n) is 11.5. The average molecular weight is 253 g/mol. The molecule has 1 aromatic heterocycles. The highest BCUT2D eigenvalue weighted by atomic mass is 16.5. The normalized spacial score (nSPS) is 20.5. The quantitative estimate of drug-likeness (QED) is 0.872. The van der Waals surface area contributed by atoms with Crippen LogP contribution in [0.25, 0.3) is 0 Å². The van der Waals surface area contributed by atoms with E-state index in [1.165, 1.54) is 0 Å². The molecule has 0 spiro atoms. The van der Waals surface area contributed by atoms with Crippen molar-refractivity contribution in [3.63, 3.8) is 0 Å². The first kappa shape index (κ1) is 13.5. The van der Waals surface area contributed by atoms with Crippen molar-refractivity contribution in [2.75, 3.05) is 6.61 Å². The maximum Gasteiger partial charge on any atom is 0.243 e. The highest BCUT2D eigenvalue weighted by Gasteiger charge is 2.41. The molecule has 1 heterocycles. The number of nitrogens with two attached hydrogens (primary N) is 1. The lowest BCUT2D eigenvalue weighted by molar-refractivity contribution is -0.0469. The fourth-order valence-electron chi connectivity index (χ4n) is 2.50. The van der Waals surface area contributed by atoms with Gasteiger partial charge in [-0.1, -0.05) is 19.0 Å². The Kier molecular flexibility index (Phi) is 4.02. The predicted molar refractivity (Wildman–Crippen MR) is 67.8 cm³/mol. The van der Waals surface area contributed by atoms with E-state index in [-0.39, 0.29) is 17.6 Å². The summed E-state index contributed by atoms with van der Waals surface area (Å²) in [4.78, 5) is 4.48. The number of rotatable bonds is 5. The molecule has 1 saturated carbocycles. The van der Waals surface area contributed by atoms with Crippen LogP contribution in [0.2, 0.25) is 0 Å². The lowest BCUT2D eigenvalue weighted by Crippen LogP contribution is -2.28. The topological polar surface area (TPSA) is 74.2 Å². The van der Waals surface area contributed by atoms with Crippen LogP contribution in [0.4, 0.5) is 0 Å². The Hall–Kier alpha value is -0.940. The minimum atomic E-state index is -0.340. The molecule has 1 aromatic rings. The number of hydrogen-bond donors (Lipinski definition) is 1. The molecule has 0 bridgehead atoms. The summed E-state index contributed by atoms with van der Waals surface area (Å²) in [6.07, 6.45) is 4.24. The molecule has 18 heavy (non-hydrogen) atoms. The highest BCUT2D eigenvalue weighted by molar-refractivity contribution is 5.06. The molecule has 0 unspecified atom stereocenters. The first-order chi connectivity index (χ1) is 8.59. The molecule has 0 amide bonds. The summed E-state index contributed by atoms with van der Waals surface area (Å²) in [5.41, 5.74) is 5.69. The Morgan fingerprint density at radius 1 is 1.39 bits per heavy atom. The van der Waals surface area contributed by atoms with Crippen LogP contribution < -0.4 is 5.73 Å². The van der Waals surface area contributed by atoms with Gasteiger partial charge < -0.3 is 15.0 Å². The number of hydrogen-bond acceptors (Lipinski definition) is 5. The van der Waals surface area contributed by atoms with Crippen molar-refractivity contribution in [2.24, 2.45) is 11.7 Å². The van der Waals surface area contributed by atoms with Crippen molar-refractivity contribution in [3.05, 3.63) is 11.7 Å². The Labute approximate surface area is 108 Å². The summed E-state index contributed by atoms with van der Waals surface area (Å²) < 4.78 is 11.2. The van der Waals surface area contributed by atoms with Gasteiger partial charge in [-0.3, -0.25) is 0 Å². The summed E-state index contributed by atoms with van der Waals surface area (Å²) in [6, 6.07) is -0.202. The Morgan fingerprint density at radius 2 is 2.06 bits per heavy atom. The molecule has 5 heteroatoms. The molecular weight excluding hydrogens is 230 g/mol. The van der Waals surface area contributed by atoms with Crippen LogP contribution in [0.1, 0.15) is 64.2 Å². The second-order valence-electron chi connectivity index (χ2n) is 5.36. The maximum absolute atomic E-state index is 6.03. The van der Waals surface area contributed by atoms with Crippen LogP contribution in [-0.4, -0.2) is 16.7 Å². The molecule has 1 atom stereocenters. The van der Waals surface area contributed by atoms with Crippen LogP contribution in [0.15, 0.2) is 4.52 Å². The van der Waals surface area contributed by atoms with Crippen molar-refractivity contribution < 1.29 is 9.26 Å². The molecule has 2 rings (SSSR count). The Bertz CT molecular complexity index is 383. The van der Waals surface area contributed by atoms with E-state index in [0.29, 0.717) is 18.3 Å². The molecule has 0 aliphatic heterocycles. The maximum atomic E-state index is 6.03. The molecule has 0 radical (unpaired) electrons. The molecule has 0 saturated heterocycles. The van der Waals surface area contributed by atoms with Crippen molar-refractivity contribution in [2.45, 2.75) is 58.1 Å². The summed E-state index contributed by atoms with van der Waals surface area (Å²) in [5.74, 6) is 1.48. The SMILES string of the molecule is CCOC1(c2noc([C@H](N)C(C)C)n2)CCCC1. The van der Waals surface area contributed by atoms with Crippen LogP contribution in [0, 0.1) is 5.92 Å². The number of nitrogens with zero attached hydrogens (tertiary/aromatic N) is 2. The zero-order valence-corrected chi connectivity index (χ0v) is 11.5. The van der Waals surface area contributed by atoms with Gasteiger partial charge in [0.25, 0.3) is 0 Å². The number of aromatic nitrogens is 2. The van der Waals surface area contributed by atoms with Crippen molar-refractivity contribution in [1.82, 2.24) is 10.1 Å². The van der Waals surface area contributed by atoms with Crippen LogP contribution in [0.3, 0.4) is 0 Å². The standard InChI is InChI=1S/C13H23N3O2/c1-4-17-13(7-5-6-8-13)12-15-11(18-16-12)10(14)9(2)3/h9-10H,4-8,14H2,1-3H3/t10-/m1/s1. The van der Waals surface area contributed by atoms with Gasteiger partial charge in [0.15, 0.2) is 0 Å². The van der Waals surface area contributed by atoms with E-state index < -0.39 is 0 Å². The minimum Gasteiger partial charge on any atom is -0.367 e. The van der Waals surface area contributed by atoms with Crippen LogP contribution >= 0.6 is 0 Å². The lowest BCUT2D eigenvalue weighted by Gasteiger charge is -2.24. The van der Waals surface area contributed by atoms with E-state index in [4.69, 9.17) is 15.0 Å². The predicted octanol–water partition coefficient (Wildman–Crippen LogP) is 2.53. The fourth-order valence-corrected chi connectivity index (χ4v) is 2.50. The van der Waals surface area contributed by atoms with Gasteiger partial charge in [-0.15, -0.1) is 0 Å². The second kappa shape index (κ2) is 5.36. The van der Waals surface area contributed by atoms with Gasteiger partial charge in [-0.2, -0.15) is 4.98 Å². The van der Waals surface area contributed by atoms with Gasteiger partial charge in [-0.05, 0) is 38.5 Å². The van der Waals surface area contributed by atoms with Crippen LogP contribution in [0.5, 0.6) is 0 Å². The molecular formula is C13H23N3O2. The Morgan fingerprint density at radius 3 is 2.61 bits per heavy atom. The van der Waals surface area contributed by atoms with Crippen molar-refractivity contribution in [3.8, 4) is 0 Å². The molecule has 1 aliphatic carbocycles. The zero-order chi connectivity index (χ0) is 13.2. The smallest absolute Gasteiger partial charge is 0.243 e. The summed E-state index contributed by atoms with van der Waals surface area (Å²) >= 11 is 0. The summed E-state index contributed by atoms with van der Waals surface area (Å²) in [7, 11) is 0. The van der Waals surface area contributed by atoms with E-state index in [9.17, 15) is 0 Å². The van der Waals surface area contributed by atoms with Crippen molar-refractivity contribution in [1.29, 1.82) is 0 Å². The van der Waals surface area contributed by atoms with E-state index in [1.807, 2.05) is 20.8 Å². The number of ether oxygens (including phenoxy) is 1. The third-order valence-electron chi connectivity index (χ3n) is 3.68. The summed E-state index contributed by atoms with van der Waals surface area (Å²) in [5, 5.41) is 4.10. The lowest BCUT2D eigenvalue weighted by atomic mass is 10.0. The average Bonchev–Trinajstić information content (AvgIpc) is 2.96. The largest absolute Gasteiger partial charge is 0.367 e. The van der Waals surface area contributed by atoms with Gasteiger partial charge in [0, 0.05) is 6.61 Å². The third-order valence-corrected chi connectivity index (χ3v) is 3.68. The Balaban J connectivity index is 2.22. The molecule has 102 valence electrons. The molecule has 1 fully saturated rings. The second-order valence-corrected chi connectivity index (χ2v) is 5.36. The monoisotopic (exact) mass is 253 g/mol. The van der Waals surface area contributed by atoms with Gasteiger partial charge in [0.2, 0.25) is 11.7 Å². The molecule has 5 nitrogen and oxygen atoms in total.